The Morgan fingerprint density at radius 2 is 1.05 bits per heavy atom. The van der Waals surface area contributed by atoms with Crippen molar-refractivity contribution in [3.8, 4) is 55.6 Å². The number of aryl methyl sites for hydroxylation is 2. The maximum Gasteiger partial charge on any atom is 0.0793 e. The molecule has 0 amide bonds. The van der Waals surface area contributed by atoms with Crippen LogP contribution in [0.4, 0.5) is 0 Å². The average molecular weight is 532 g/mol. The zero-order valence-electron chi connectivity index (χ0n) is 23.4. The molecule has 1 aromatic heterocycles. The van der Waals surface area contributed by atoms with Crippen LogP contribution in [0.1, 0.15) is 11.1 Å². The first-order valence-corrected chi connectivity index (χ1v) is 14.7. The third-order valence-electron chi connectivity index (χ3n) is 9.77. The molecule has 0 aliphatic heterocycles. The van der Waals surface area contributed by atoms with Gasteiger partial charge in [0.05, 0.1) is 5.52 Å². The molecule has 42 heavy (non-hydrogen) atoms. The van der Waals surface area contributed by atoms with Crippen molar-refractivity contribution in [2.45, 2.75) is 13.8 Å². The van der Waals surface area contributed by atoms with Crippen LogP contribution in [0.25, 0.3) is 98.9 Å². The number of rotatable bonds is 1. The van der Waals surface area contributed by atoms with Gasteiger partial charge in [-0.05, 0) is 120 Å². The number of nitrogens with zero attached hydrogens (tertiary/aromatic N) is 1. The third kappa shape index (κ3) is 2.67. The van der Waals surface area contributed by atoms with Crippen molar-refractivity contribution in [1.29, 1.82) is 0 Å². The molecule has 0 atom stereocenters. The van der Waals surface area contributed by atoms with Crippen molar-refractivity contribution in [2.75, 3.05) is 0 Å². The van der Waals surface area contributed by atoms with E-state index in [-0.39, 0.29) is 0 Å². The van der Waals surface area contributed by atoms with Gasteiger partial charge >= 0.3 is 0 Å². The lowest BCUT2D eigenvalue weighted by atomic mass is 9.87. The van der Waals surface area contributed by atoms with Gasteiger partial charge in [-0.2, -0.15) is 0 Å². The first-order chi connectivity index (χ1) is 20.7. The molecule has 2 aliphatic rings. The molecule has 2 aliphatic carbocycles. The van der Waals surface area contributed by atoms with Crippen LogP contribution in [0.5, 0.6) is 0 Å². The Hall–Kier alpha value is -5.27. The second-order valence-corrected chi connectivity index (χ2v) is 12.0. The number of aromatic nitrogens is 1. The molecule has 1 heteroatoms. The Kier molecular flexibility index (Phi) is 4.12. The average Bonchev–Trinajstić information content (AvgIpc) is 3.54. The van der Waals surface area contributed by atoms with Crippen LogP contribution >= 0.6 is 0 Å². The summed E-state index contributed by atoms with van der Waals surface area (Å²) in [6.07, 6.45) is 1.98. The minimum atomic E-state index is 1.08. The van der Waals surface area contributed by atoms with Gasteiger partial charge in [0, 0.05) is 17.1 Å². The van der Waals surface area contributed by atoms with E-state index in [2.05, 4.69) is 123 Å². The Bertz CT molecular complexity index is 2500. The zero-order valence-corrected chi connectivity index (χ0v) is 23.4. The molecule has 7 aromatic carbocycles. The molecule has 0 N–H and O–H groups in total. The van der Waals surface area contributed by atoms with Crippen LogP contribution in [0.2, 0.25) is 0 Å². The minimum absolute atomic E-state index is 1.08. The largest absolute Gasteiger partial charge is 0.256 e. The van der Waals surface area contributed by atoms with Gasteiger partial charge in [-0.1, -0.05) is 96.6 Å². The van der Waals surface area contributed by atoms with Gasteiger partial charge < -0.3 is 0 Å². The first kappa shape index (κ1) is 22.4. The molecule has 0 unspecified atom stereocenters. The standard InChI is InChI=1S/C41H25N/c1-22-11-13-27-33(19-22)36(32-16-15-29-24-7-3-4-8-25(24)31-17-18-42-41(32)40(29)31)20-35-30-14-12-23(2)38-28-10-6-5-9-26(28)37(39(30)38)21-34(27)35/h3-21H,1-2H3. The van der Waals surface area contributed by atoms with Gasteiger partial charge in [0.15, 0.2) is 0 Å². The summed E-state index contributed by atoms with van der Waals surface area (Å²) in [5.41, 5.74) is 16.7. The molecule has 0 bridgehead atoms. The van der Waals surface area contributed by atoms with E-state index in [0.717, 1.165) is 5.52 Å². The van der Waals surface area contributed by atoms with Crippen molar-refractivity contribution in [3.05, 3.63) is 127 Å². The van der Waals surface area contributed by atoms with Crippen molar-refractivity contribution >= 4 is 43.2 Å². The summed E-state index contributed by atoms with van der Waals surface area (Å²) in [7, 11) is 0. The van der Waals surface area contributed by atoms with Crippen LogP contribution in [0.15, 0.2) is 115 Å². The topological polar surface area (TPSA) is 12.9 Å². The van der Waals surface area contributed by atoms with E-state index >= 15 is 0 Å². The molecular weight excluding hydrogens is 506 g/mol. The van der Waals surface area contributed by atoms with E-state index in [0.29, 0.717) is 0 Å². The fourth-order valence-electron chi connectivity index (χ4n) is 7.97. The van der Waals surface area contributed by atoms with Gasteiger partial charge in [-0.15, -0.1) is 0 Å². The normalized spacial score (nSPS) is 12.5. The van der Waals surface area contributed by atoms with Gasteiger partial charge in [0.1, 0.15) is 0 Å². The fourth-order valence-corrected chi connectivity index (χ4v) is 7.97. The van der Waals surface area contributed by atoms with Crippen LogP contribution in [0.3, 0.4) is 0 Å². The molecule has 1 nitrogen and oxygen atoms in total. The third-order valence-corrected chi connectivity index (χ3v) is 9.77. The highest BCUT2D eigenvalue weighted by molar-refractivity contribution is 6.30. The second-order valence-electron chi connectivity index (χ2n) is 12.0. The van der Waals surface area contributed by atoms with Crippen LogP contribution in [-0.4, -0.2) is 4.98 Å². The highest BCUT2D eigenvalue weighted by atomic mass is 14.7. The fraction of sp³-hybridized carbons (Fsp3) is 0.0488. The smallest absolute Gasteiger partial charge is 0.0793 e. The Morgan fingerprint density at radius 3 is 1.86 bits per heavy atom. The monoisotopic (exact) mass is 531 g/mol. The summed E-state index contributed by atoms with van der Waals surface area (Å²) in [4.78, 5) is 5.05. The highest BCUT2D eigenvalue weighted by Gasteiger charge is 2.27. The van der Waals surface area contributed by atoms with Gasteiger partial charge in [0.25, 0.3) is 0 Å². The molecule has 0 saturated carbocycles. The molecule has 10 rings (SSSR count). The molecule has 0 radical (unpaired) electrons. The lowest BCUT2D eigenvalue weighted by molar-refractivity contribution is 1.42. The summed E-state index contributed by atoms with van der Waals surface area (Å²) >= 11 is 0. The number of hydrogen-bond donors (Lipinski definition) is 0. The SMILES string of the molecule is Cc1ccc2c(c1)c(-c1ccc3c4c(ccnc14)-c1ccccc1-3)cc1c3ccc(C)c4c3c(cc21)-c1ccccc1-4. The molecule has 8 aromatic rings. The number of fused-ring (bicyclic) bond motifs is 10. The molecule has 1 heterocycles. The number of hydrogen-bond acceptors (Lipinski definition) is 1. The van der Waals surface area contributed by atoms with Crippen molar-refractivity contribution in [3.63, 3.8) is 0 Å². The van der Waals surface area contributed by atoms with Crippen molar-refractivity contribution < 1.29 is 0 Å². The van der Waals surface area contributed by atoms with Crippen LogP contribution < -0.4 is 0 Å². The quantitative estimate of drug-likeness (QED) is 0.192. The van der Waals surface area contributed by atoms with E-state index in [1.54, 1.807) is 0 Å². The maximum atomic E-state index is 5.05. The molecule has 0 spiro atoms. The predicted molar refractivity (Wildman–Crippen MR) is 178 cm³/mol. The van der Waals surface area contributed by atoms with Crippen LogP contribution in [0, 0.1) is 13.8 Å². The van der Waals surface area contributed by atoms with Crippen molar-refractivity contribution in [1.82, 2.24) is 4.98 Å². The lowest BCUT2D eigenvalue weighted by Crippen LogP contribution is -1.91. The summed E-state index contributed by atoms with van der Waals surface area (Å²) in [5.74, 6) is 0. The second kappa shape index (κ2) is 7.72. The summed E-state index contributed by atoms with van der Waals surface area (Å²) in [6.45, 7) is 4.44. The van der Waals surface area contributed by atoms with Gasteiger partial charge in [-0.3, -0.25) is 4.98 Å². The van der Waals surface area contributed by atoms with Gasteiger partial charge in [-0.25, -0.2) is 0 Å². The van der Waals surface area contributed by atoms with E-state index in [1.807, 2.05) is 6.20 Å². The Balaban J connectivity index is 1.37. The molecular formula is C41H25N. The van der Waals surface area contributed by atoms with Crippen LogP contribution in [-0.2, 0) is 0 Å². The minimum Gasteiger partial charge on any atom is -0.256 e. The molecule has 0 saturated heterocycles. The summed E-state index contributed by atoms with van der Waals surface area (Å²) in [5, 5.41) is 9.18. The van der Waals surface area contributed by atoms with E-state index in [9.17, 15) is 0 Å². The number of pyridine rings is 1. The Morgan fingerprint density at radius 1 is 0.405 bits per heavy atom. The van der Waals surface area contributed by atoms with E-state index in [1.165, 1.54) is 104 Å². The van der Waals surface area contributed by atoms with E-state index < -0.39 is 0 Å². The molecule has 0 fully saturated rings. The predicted octanol–water partition coefficient (Wildman–Crippen LogP) is 11.3. The van der Waals surface area contributed by atoms with Crippen molar-refractivity contribution in [2.24, 2.45) is 0 Å². The maximum absolute atomic E-state index is 5.05. The number of benzene rings is 7. The molecule has 194 valence electrons. The Labute approximate surface area is 243 Å². The summed E-state index contributed by atoms with van der Waals surface area (Å²) in [6, 6.07) is 40.9. The summed E-state index contributed by atoms with van der Waals surface area (Å²) < 4.78 is 0. The zero-order chi connectivity index (χ0) is 27.7. The first-order valence-electron chi connectivity index (χ1n) is 14.7. The van der Waals surface area contributed by atoms with E-state index in [4.69, 9.17) is 4.98 Å². The highest BCUT2D eigenvalue weighted by Crippen LogP contribution is 2.53. The van der Waals surface area contributed by atoms with Gasteiger partial charge in [0.2, 0.25) is 0 Å². The lowest BCUT2D eigenvalue weighted by Gasteiger charge is -2.17.